The Morgan fingerprint density at radius 1 is 1.00 bits per heavy atom. The first kappa shape index (κ1) is 13.4. The van der Waals surface area contributed by atoms with Crippen LogP contribution in [-0.2, 0) is 0 Å². The smallest absolute Gasteiger partial charge is 0.0599 e. The third-order valence-corrected chi connectivity index (χ3v) is 5.57. The van der Waals surface area contributed by atoms with Crippen LogP contribution in [0.2, 0.25) is 0 Å². The first-order chi connectivity index (χ1) is 8.26. The maximum atomic E-state index is 10.7. The SMILES string of the molecule is CCC1CCC(C(O)C2CCCCC2CC)C1. The molecule has 2 aliphatic rings. The van der Waals surface area contributed by atoms with Crippen LogP contribution >= 0.6 is 0 Å². The molecule has 1 heteroatoms. The zero-order valence-corrected chi connectivity index (χ0v) is 11.7. The zero-order chi connectivity index (χ0) is 12.3. The van der Waals surface area contributed by atoms with Gasteiger partial charge in [0.05, 0.1) is 6.10 Å². The van der Waals surface area contributed by atoms with Gasteiger partial charge in [-0.15, -0.1) is 0 Å². The van der Waals surface area contributed by atoms with Gasteiger partial charge in [0.25, 0.3) is 0 Å². The fourth-order valence-corrected chi connectivity index (χ4v) is 4.34. The summed E-state index contributed by atoms with van der Waals surface area (Å²) in [7, 11) is 0. The van der Waals surface area contributed by atoms with Crippen molar-refractivity contribution in [1.29, 1.82) is 0 Å². The highest BCUT2D eigenvalue weighted by atomic mass is 16.3. The number of hydrogen-bond acceptors (Lipinski definition) is 1. The van der Waals surface area contributed by atoms with Gasteiger partial charge in [-0.05, 0) is 42.9 Å². The zero-order valence-electron chi connectivity index (χ0n) is 11.7. The molecule has 1 N–H and O–H groups in total. The molecule has 0 bridgehead atoms. The van der Waals surface area contributed by atoms with Crippen molar-refractivity contribution in [2.24, 2.45) is 23.7 Å². The lowest BCUT2D eigenvalue weighted by Crippen LogP contribution is -2.35. The molecule has 0 heterocycles. The Morgan fingerprint density at radius 2 is 1.76 bits per heavy atom. The van der Waals surface area contributed by atoms with E-state index in [1.165, 1.54) is 57.8 Å². The third kappa shape index (κ3) is 3.05. The maximum Gasteiger partial charge on any atom is 0.0599 e. The van der Waals surface area contributed by atoms with Crippen molar-refractivity contribution in [2.45, 2.75) is 77.7 Å². The highest BCUT2D eigenvalue weighted by molar-refractivity contribution is 4.87. The first-order valence-corrected chi connectivity index (χ1v) is 7.94. The van der Waals surface area contributed by atoms with E-state index in [2.05, 4.69) is 13.8 Å². The summed E-state index contributed by atoms with van der Waals surface area (Å²) >= 11 is 0. The number of aliphatic hydroxyl groups excluding tert-OH is 1. The summed E-state index contributed by atoms with van der Waals surface area (Å²) in [5, 5.41) is 10.7. The van der Waals surface area contributed by atoms with E-state index >= 15 is 0 Å². The van der Waals surface area contributed by atoms with Crippen LogP contribution in [0, 0.1) is 23.7 Å². The lowest BCUT2D eigenvalue weighted by atomic mass is 9.71. The van der Waals surface area contributed by atoms with Crippen LogP contribution in [0.25, 0.3) is 0 Å². The van der Waals surface area contributed by atoms with E-state index in [1.807, 2.05) is 0 Å². The van der Waals surface area contributed by atoms with E-state index in [4.69, 9.17) is 0 Å². The van der Waals surface area contributed by atoms with E-state index in [1.54, 1.807) is 0 Å². The van der Waals surface area contributed by atoms with Crippen molar-refractivity contribution in [3.8, 4) is 0 Å². The Morgan fingerprint density at radius 3 is 2.41 bits per heavy atom. The van der Waals surface area contributed by atoms with Crippen molar-refractivity contribution >= 4 is 0 Å². The highest BCUT2D eigenvalue weighted by Gasteiger charge is 2.37. The molecule has 0 amide bonds. The van der Waals surface area contributed by atoms with Crippen LogP contribution in [0.15, 0.2) is 0 Å². The maximum absolute atomic E-state index is 10.7. The monoisotopic (exact) mass is 238 g/mol. The Bertz CT molecular complexity index is 226. The Labute approximate surface area is 107 Å². The van der Waals surface area contributed by atoms with Gasteiger partial charge < -0.3 is 5.11 Å². The van der Waals surface area contributed by atoms with Crippen LogP contribution in [0.3, 0.4) is 0 Å². The minimum Gasteiger partial charge on any atom is -0.393 e. The van der Waals surface area contributed by atoms with Gasteiger partial charge in [0.15, 0.2) is 0 Å². The molecule has 0 aromatic heterocycles. The van der Waals surface area contributed by atoms with Crippen LogP contribution in [-0.4, -0.2) is 11.2 Å². The lowest BCUT2D eigenvalue weighted by Gasteiger charge is -2.37. The Hall–Kier alpha value is -0.0400. The molecule has 1 nitrogen and oxygen atoms in total. The molecular formula is C16H30O. The molecule has 5 unspecified atom stereocenters. The Kier molecular flexibility index (Phi) is 4.90. The van der Waals surface area contributed by atoms with Crippen molar-refractivity contribution in [3.63, 3.8) is 0 Å². The van der Waals surface area contributed by atoms with Crippen molar-refractivity contribution in [3.05, 3.63) is 0 Å². The summed E-state index contributed by atoms with van der Waals surface area (Å²) in [5.74, 6) is 2.95. The van der Waals surface area contributed by atoms with Crippen LogP contribution in [0.4, 0.5) is 0 Å². The van der Waals surface area contributed by atoms with Crippen molar-refractivity contribution in [2.75, 3.05) is 0 Å². The normalized spacial score (nSPS) is 40.4. The second-order valence-corrected chi connectivity index (χ2v) is 6.45. The summed E-state index contributed by atoms with van der Waals surface area (Å²) in [4.78, 5) is 0. The fraction of sp³-hybridized carbons (Fsp3) is 1.00. The van der Waals surface area contributed by atoms with E-state index < -0.39 is 0 Å². The largest absolute Gasteiger partial charge is 0.393 e. The summed E-state index contributed by atoms with van der Waals surface area (Å²) in [6.07, 6.45) is 11.9. The molecule has 5 atom stereocenters. The molecule has 2 fully saturated rings. The molecule has 0 aromatic rings. The topological polar surface area (TPSA) is 20.2 Å². The van der Waals surface area contributed by atoms with Gasteiger partial charge in [-0.25, -0.2) is 0 Å². The van der Waals surface area contributed by atoms with Crippen LogP contribution in [0.5, 0.6) is 0 Å². The van der Waals surface area contributed by atoms with Gasteiger partial charge in [0.2, 0.25) is 0 Å². The fourth-order valence-electron chi connectivity index (χ4n) is 4.34. The number of rotatable bonds is 4. The molecule has 100 valence electrons. The molecule has 17 heavy (non-hydrogen) atoms. The lowest BCUT2D eigenvalue weighted by molar-refractivity contribution is 0.00415. The molecule has 2 rings (SSSR count). The van der Waals surface area contributed by atoms with Gasteiger partial charge in [-0.2, -0.15) is 0 Å². The van der Waals surface area contributed by atoms with E-state index in [0.717, 1.165) is 11.8 Å². The molecule has 0 saturated heterocycles. The van der Waals surface area contributed by atoms with Gasteiger partial charge in [0, 0.05) is 0 Å². The molecule has 0 aliphatic heterocycles. The van der Waals surface area contributed by atoms with Crippen LogP contribution < -0.4 is 0 Å². The molecule has 0 radical (unpaired) electrons. The van der Waals surface area contributed by atoms with E-state index in [0.29, 0.717) is 11.8 Å². The molecule has 0 spiro atoms. The average molecular weight is 238 g/mol. The van der Waals surface area contributed by atoms with E-state index in [-0.39, 0.29) is 6.10 Å². The van der Waals surface area contributed by atoms with Gasteiger partial charge in [0.1, 0.15) is 0 Å². The summed E-state index contributed by atoms with van der Waals surface area (Å²) in [6, 6.07) is 0. The van der Waals surface area contributed by atoms with Crippen molar-refractivity contribution in [1.82, 2.24) is 0 Å². The number of aliphatic hydroxyl groups is 1. The van der Waals surface area contributed by atoms with Gasteiger partial charge in [-0.1, -0.05) is 52.4 Å². The highest BCUT2D eigenvalue weighted by Crippen LogP contribution is 2.42. The molecule has 2 aliphatic carbocycles. The molecular weight excluding hydrogens is 208 g/mol. The van der Waals surface area contributed by atoms with Crippen molar-refractivity contribution < 1.29 is 5.11 Å². The molecule has 2 saturated carbocycles. The summed E-state index contributed by atoms with van der Waals surface area (Å²) < 4.78 is 0. The summed E-state index contributed by atoms with van der Waals surface area (Å²) in [6.45, 7) is 4.61. The predicted molar refractivity (Wildman–Crippen MR) is 72.9 cm³/mol. The van der Waals surface area contributed by atoms with Gasteiger partial charge >= 0.3 is 0 Å². The standard InChI is InChI=1S/C16H30O/c1-3-12-9-10-14(11-12)16(17)15-8-6-5-7-13(15)4-2/h12-17H,3-11H2,1-2H3. The minimum absolute atomic E-state index is 0.0109. The second kappa shape index (κ2) is 6.22. The first-order valence-electron chi connectivity index (χ1n) is 7.94. The molecule has 0 aromatic carbocycles. The predicted octanol–water partition coefficient (Wildman–Crippen LogP) is 4.39. The summed E-state index contributed by atoms with van der Waals surface area (Å²) in [5.41, 5.74) is 0. The second-order valence-electron chi connectivity index (χ2n) is 6.45. The average Bonchev–Trinajstić information content (AvgIpc) is 2.86. The third-order valence-electron chi connectivity index (χ3n) is 5.57. The van der Waals surface area contributed by atoms with Crippen LogP contribution in [0.1, 0.15) is 71.6 Å². The quantitative estimate of drug-likeness (QED) is 0.770. The number of hydrogen-bond donors (Lipinski definition) is 1. The Balaban J connectivity index is 1.91. The minimum atomic E-state index is 0.0109. The van der Waals surface area contributed by atoms with E-state index in [9.17, 15) is 5.11 Å². The van der Waals surface area contributed by atoms with Gasteiger partial charge in [-0.3, -0.25) is 0 Å².